The fourth-order valence-corrected chi connectivity index (χ4v) is 5.21. The molecule has 2 amide bonds. The van der Waals surface area contributed by atoms with E-state index in [-0.39, 0.29) is 40.9 Å². The fraction of sp³-hybridized carbons (Fsp3) is 0.389. The Morgan fingerprint density at radius 2 is 1.61 bits per heavy atom. The molecule has 2 bridgehead atoms. The number of hydrazone groups is 1. The molecule has 5 rings (SSSR count). The van der Waals surface area contributed by atoms with E-state index in [0.29, 0.717) is 0 Å². The number of imide groups is 1. The number of rotatable bonds is 2. The summed E-state index contributed by atoms with van der Waals surface area (Å²) >= 11 is 2.24. The molecule has 0 radical (unpaired) electrons. The predicted octanol–water partition coefficient (Wildman–Crippen LogP) is 2.82. The third kappa shape index (κ3) is 1.74. The van der Waals surface area contributed by atoms with Crippen molar-refractivity contribution in [3.63, 3.8) is 0 Å². The maximum atomic E-state index is 12.7. The van der Waals surface area contributed by atoms with E-state index < -0.39 is 0 Å². The molecule has 0 unspecified atom stereocenters. The van der Waals surface area contributed by atoms with Gasteiger partial charge in [0.1, 0.15) is 0 Å². The topological polar surface area (TPSA) is 49.7 Å². The number of carbonyl (C=O) groups is 2. The summed E-state index contributed by atoms with van der Waals surface area (Å²) in [5.74, 6) is -0.0441. The van der Waals surface area contributed by atoms with Gasteiger partial charge in [0.05, 0.1) is 18.1 Å². The van der Waals surface area contributed by atoms with Gasteiger partial charge >= 0.3 is 0 Å². The van der Waals surface area contributed by atoms with E-state index in [4.69, 9.17) is 0 Å². The predicted molar refractivity (Wildman–Crippen MR) is 93.4 cm³/mol. The van der Waals surface area contributed by atoms with Crippen LogP contribution in [0.15, 0.2) is 41.5 Å². The molecule has 3 aliphatic carbocycles. The zero-order valence-electron chi connectivity index (χ0n) is 12.4. The molecule has 1 spiro atoms. The van der Waals surface area contributed by atoms with Crippen LogP contribution in [0.5, 0.6) is 0 Å². The van der Waals surface area contributed by atoms with Crippen LogP contribution in [0.1, 0.15) is 18.4 Å². The first-order valence-electron chi connectivity index (χ1n) is 7.97. The highest BCUT2D eigenvalue weighted by molar-refractivity contribution is 14.1. The van der Waals surface area contributed by atoms with Crippen molar-refractivity contribution >= 4 is 40.6 Å². The molecule has 4 aliphatic rings. The average molecular weight is 418 g/mol. The van der Waals surface area contributed by atoms with E-state index in [1.165, 1.54) is 0 Å². The fourth-order valence-electron chi connectivity index (χ4n) is 4.85. The van der Waals surface area contributed by atoms with Gasteiger partial charge < -0.3 is 0 Å². The lowest BCUT2D eigenvalue weighted by Gasteiger charge is -2.18. The molecule has 5 heteroatoms. The van der Waals surface area contributed by atoms with Gasteiger partial charge in [-0.3, -0.25) is 9.59 Å². The van der Waals surface area contributed by atoms with Gasteiger partial charge in [0.2, 0.25) is 0 Å². The zero-order chi connectivity index (χ0) is 15.8. The Balaban J connectivity index is 1.43. The summed E-state index contributed by atoms with van der Waals surface area (Å²) in [6, 6.07) is 7.82. The van der Waals surface area contributed by atoms with Crippen molar-refractivity contribution in [1.82, 2.24) is 5.01 Å². The van der Waals surface area contributed by atoms with Crippen molar-refractivity contribution < 1.29 is 9.59 Å². The van der Waals surface area contributed by atoms with Gasteiger partial charge in [0.25, 0.3) is 11.8 Å². The Morgan fingerprint density at radius 3 is 2.13 bits per heavy atom. The molecular weight excluding hydrogens is 403 g/mol. The molecule has 1 aromatic rings. The summed E-state index contributed by atoms with van der Waals surface area (Å²) in [6.45, 7) is 0. The van der Waals surface area contributed by atoms with Crippen molar-refractivity contribution in [3.05, 3.63) is 45.6 Å². The lowest BCUT2D eigenvalue weighted by atomic mass is 9.85. The van der Waals surface area contributed by atoms with E-state index in [1.54, 1.807) is 6.21 Å². The molecule has 4 atom stereocenters. The lowest BCUT2D eigenvalue weighted by molar-refractivity contribution is -0.141. The second kappa shape index (κ2) is 4.53. The molecule has 1 saturated heterocycles. The van der Waals surface area contributed by atoms with Gasteiger partial charge in [-0.25, -0.2) is 0 Å². The zero-order valence-corrected chi connectivity index (χ0v) is 14.5. The number of benzene rings is 1. The van der Waals surface area contributed by atoms with E-state index >= 15 is 0 Å². The standard InChI is InChI=1S/C18H15IN2O2/c19-11-3-1-10(2-4-11)9-20-21-16(22)14-12-5-6-13(15(14)17(21)23)18(12)7-8-18/h1-6,9,12-15H,7-8H2/b20-9-/t12-,13+,14-,15-/m0/s1. The number of hydrogen-bond acceptors (Lipinski definition) is 3. The van der Waals surface area contributed by atoms with Gasteiger partial charge in [0.15, 0.2) is 0 Å². The highest BCUT2D eigenvalue weighted by Crippen LogP contribution is 2.73. The SMILES string of the molecule is O=C1[C@@H]2[C@@H](C(=O)N1/N=C\c1ccc(I)cc1)[C@@H]1C=C[C@H]2C12CC2. The molecule has 0 aromatic heterocycles. The summed E-state index contributed by atoms with van der Waals surface area (Å²) in [6.07, 6.45) is 8.28. The summed E-state index contributed by atoms with van der Waals surface area (Å²) in [7, 11) is 0. The Morgan fingerprint density at radius 1 is 1.04 bits per heavy atom. The summed E-state index contributed by atoms with van der Waals surface area (Å²) < 4.78 is 1.14. The van der Waals surface area contributed by atoms with Crippen LogP contribution >= 0.6 is 22.6 Å². The number of allylic oxidation sites excluding steroid dienone is 2. The van der Waals surface area contributed by atoms with Crippen LogP contribution in [0.2, 0.25) is 0 Å². The smallest absolute Gasteiger partial charge is 0.254 e. The van der Waals surface area contributed by atoms with Crippen LogP contribution in [0.4, 0.5) is 0 Å². The quantitative estimate of drug-likeness (QED) is 0.321. The van der Waals surface area contributed by atoms with E-state index in [0.717, 1.165) is 27.0 Å². The number of amides is 2. The molecule has 1 aliphatic heterocycles. The van der Waals surface area contributed by atoms with Crippen LogP contribution in [0.25, 0.3) is 0 Å². The van der Waals surface area contributed by atoms with Crippen molar-refractivity contribution in [2.45, 2.75) is 12.8 Å². The first-order valence-corrected chi connectivity index (χ1v) is 9.05. The number of hydrogen-bond donors (Lipinski definition) is 0. The molecule has 1 heterocycles. The minimum absolute atomic E-state index is 0.107. The Hall–Kier alpha value is -1.50. The normalized spacial score (nSPS) is 35.8. The highest BCUT2D eigenvalue weighted by Gasteiger charge is 2.73. The number of carbonyl (C=O) groups excluding carboxylic acids is 2. The lowest BCUT2D eigenvalue weighted by Crippen LogP contribution is -2.30. The van der Waals surface area contributed by atoms with Crippen LogP contribution in [0, 0.1) is 32.7 Å². The van der Waals surface area contributed by atoms with Crippen molar-refractivity contribution in [1.29, 1.82) is 0 Å². The molecule has 1 aromatic carbocycles. The largest absolute Gasteiger partial charge is 0.272 e. The van der Waals surface area contributed by atoms with E-state index in [2.05, 4.69) is 39.8 Å². The maximum Gasteiger partial charge on any atom is 0.254 e. The highest BCUT2D eigenvalue weighted by atomic mass is 127. The van der Waals surface area contributed by atoms with E-state index in [9.17, 15) is 9.59 Å². The molecular formula is C18H15IN2O2. The van der Waals surface area contributed by atoms with Gasteiger partial charge in [-0.05, 0) is 70.4 Å². The molecule has 23 heavy (non-hydrogen) atoms. The van der Waals surface area contributed by atoms with Gasteiger partial charge in [-0.1, -0.05) is 24.3 Å². The Kier molecular flexibility index (Phi) is 2.73. The number of halogens is 1. The third-order valence-corrected chi connectivity index (χ3v) is 6.74. The summed E-state index contributed by atoms with van der Waals surface area (Å²) in [5.41, 5.74) is 1.13. The van der Waals surface area contributed by atoms with E-state index in [1.807, 2.05) is 24.3 Å². The second-order valence-electron chi connectivity index (χ2n) is 7.01. The van der Waals surface area contributed by atoms with Crippen LogP contribution < -0.4 is 0 Å². The number of fused-ring (bicyclic) bond motifs is 3. The van der Waals surface area contributed by atoms with Crippen molar-refractivity contribution in [2.24, 2.45) is 34.2 Å². The van der Waals surface area contributed by atoms with Gasteiger partial charge in [0, 0.05) is 3.57 Å². The minimum Gasteiger partial charge on any atom is -0.272 e. The van der Waals surface area contributed by atoms with Gasteiger partial charge in [-0.15, -0.1) is 0 Å². The molecule has 116 valence electrons. The molecule has 0 N–H and O–H groups in total. The number of nitrogens with zero attached hydrogens (tertiary/aromatic N) is 2. The van der Waals surface area contributed by atoms with Crippen LogP contribution in [0.3, 0.4) is 0 Å². The molecule has 2 saturated carbocycles. The summed E-state index contributed by atoms with van der Waals surface area (Å²) in [4.78, 5) is 25.5. The molecule has 4 nitrogen and oxygen atoms in total. The Labute approximate surface area is 147 Å². The van der Waals surface area contributed by atoms with Gasteiger partial charge in [-0.2, -0.15) is 10.1 Å². The monoisotopic (exact) mass is 418 g/mol. The Bertz CT molecular complexity index is 745. The van der Waals surface area contributed by atoms with Crippen LogP contribution in [-0.4, -0.2) is 23.0 Å². The minimum atomic E-state index is -0.172. The van der Waals surface area contributed by atoms with Crippen LogP contribution in [-0.2, 0) is 9.59 Å². The first-order chi connectivity index (χ1) is 11.1. The second-order valence-corrected chi connectivity index (χ2v) is 8.25. The average Bonchev–Trinajstić information content (AvgIpc) is 3.15. The summed E-state index contributed by atoms with van der Waals surface area (Å²) in [5, 5.41) is 5.33. The molecule has 3 fully saturated rings. The van der Waals surface area contributed by atoms with Crippen molar-refractivity contribution in [3.8, 4) is 0 Å². The first kappa shape index (κ1) is 13.9. The third-order valence-electron chi connectivity index (χ3n) is 6.02. The van der Waals surface area contributed by atoms with Crippen molar-refractivity contribution in [2.75, 3.05) is 0 Å². The maximum absolute atomic E-state index is 12.7.